The number of nitrogens with zero attached hydrogens (tertiary/aromatic N) is 2. The van der Waals surface area contributed by atoms with E-state index in [-0.39, 0.29) is 17.1 Å². The standard InChI is InChI=1S/C22H24N2O4S/c1-5-11-23-20(25)19(29-22(23)27)13-17-12-14(3)24(15(17)4)18-9-7-16(8-10-18)21(26)28-6-2/h7-10,12-13H,5-6,11H2,1-4H3/b19-13+. The lowest BCUT2D eigenvalue weighted by Crippen LogP contribution is -2.28. The summed E-state index contributed by atoms with van der Waals surface area (Å²) in [5.41, 5.74) is 4.24. The van der Waals surface area contributed by atoms with Crippen LogP contribution >= 0.6 is 11.8 Å². The zero-order valence-corrected chi connectivity index (χ0v) is 17.8. The first-order valence-electron chi connectivity index (χ1n) is 9.59. The third kappa shape index (κ3) is 4.15. The number of hydrogen-bond acceptors (Lipinski definition) is 5. The van der Waals surface area contributed by atoms with Gasteiger partial charge >= 0.3 is 5.97 Å². The summed E-state index contributed by atoms with van der Waals surface area (Å²) in [6.45, 7) is 8.43. The molecular formula is C22H24N2O4S. The van der Waals surface area contributed by atoms with Crippen molar-refractivity contribution < 1.29 is 19.1 Å². The average molecular weight is 413 g/mol. The molecule has 0 atom stereocenters. The smallest absolute Gasteiger partial charge is 0.338 e. The molecule has 0 aliphatic carbocycles. The maximum atomic E-state index is 12.5. The molecule has 1 aliphatic heterocycles. The number of hydrogen-bond donors (Lipinski definition) is 0. The lowest BCUT2D eigenvalue weighted by Gasteiger charge is -2.11. The third-order valence-corrected chi connectivity index (χ3v) is 5.62. The van der Waals surface area contributed by atoms with Gasteiger partial charge in [0.1, 0.15) is 0 Å². The van der Waals surface area contributed by atoms with Crippen LogP contribution in [-0.4, -0.2) is 39.7 Å². The van der Waals surface area contributed by atoms with Crippen LogP contribution in [0, 0.1) is 13.8 Å². The van der Waals surface area contributed by atoms with Crippen molar-refractivity contribution in [2.45, 2.75) is 34.1 Å². The van der Waals surface area contributed by atoms with Gasteiger partial charge in [-0.2, -0.15) is 0 Å². The van der Waals surface area contributed by atoms with Gasteiger partial charge in [0.2, 0.25) is 0 Å². The molecule has 0 bridgehead atoms. The number of amides is 2. The topological polar surface area (TPSA) is 68.6 Å². The van der Waals surface area contributed by atoms with Gasteiger partial charge in [-0.15, -0.1) is 0 Å². The summed E-state index contributed by atoms with van der Waals surface area (Å²) >= 11 is 0.984. The molecule has 0 unspecified atom stereocenters. The van der Waals surface area contributed by atoms with Crippen molar-refractivity contribution in [3.8, 4) is 5.69 Å². The molecule has 7 heteroatoms. The minimum Gasteiger partial charge on any atom is -0.462 e. The number of aromatic nitrogens is 1. The van der Waals surface area contributed by atoms with E-state index in [1.165, 1.54) is 4.90 Å². The maximum absolute atomic E-state index is 12.5. The zero-order chi connectivity index (χ0) is 21.1. The Kier molecular flexibility index (Phi) is 6.27. The largest absolute Gasteiger partial charge is 0.462 e. The highest BCUT2D eigenvalue weighted by molar-refractivity contribution is 8.18. The predicted octanol–water partition coefficient (Wildman–Crippen LogP) is 4.72. The van der Waals surface area contributed by atoms with Gasteiger partial charge < -0.3 is 9.30 Å². The van der Waals surface area contributed by atoms with E-state index in [1.54, 1.807) is 25.1 Å². The van der Waals surface area contributed by atoms with Crippen molar-refractivity contribution >= 4 is 35.0 Å². The van der Waals surface area contributed by atoms with Crippen LogP contribution in [0.4, 0.5) is 4.79 Å². The Labute approximate surface area is 174 Å². The SMILES string of the molecule is CCCN1C(=O)S/C(=C/c2cc(C)n(-c3ccc(C(=O)OCC)cc3)c2C)C1=O. The van der Waals surface area contributed by atoms with Gasteiger partial charge in [0.25, 0.3) is 11.1 Å². The second kappa shape index (κ2) is 8.69. The summed E-state index contributed by atoms with van der Waals surface area (Å²) in [6, 6.07) is 9.20. The first-order chi connectivity index (χ1) is 13.9. The van der Waals surface area contributed by atoms with Gasteiger partial charge in [-0.1, -0.05) is 6.92 Å². The molecule has 0 saturated carbocycles. The first kappa shape index (κ1) is 20.9. The molecule has 2 amide bonds. The summed E-state index contributed by atoms with van der Waals surface area (Å²) in [4.78, 5) is 38.2. The Morgan fingerprint density at radius 2 is 1.83 bits per heavy atom. The quantitative estimate of drug-likeness (QED) is 0.507. The number of aryl methyl sites for hydroxylation is 1. The molecule has 0 radical (unpaired) electrons. The minimum atomic E-state index is -0.344. The molecule has 0 spiro atoms. The van der Waals surface area contributed by atoms with E-state index in [4.69, 9.17) is 4.74 Å². The highest BCUT2D eigenvalue weighted by Crippen LogP contribution is 2.33. The molecule has 6 nitrogen and oxygen atoms in total. The van der Waals surface area contributed by atoms with Crippen LogP contribution in [-0.2, 0) is 9.53 Å². The monoisotopic (exact) mass is 412 g/mol. The lowest BCUT2D eigenvalue weighted by atomic mass is 10.2. The van der Waals surface area contributed by atoms with Crippen LogP contribution in [0.3, 0.4) is 0 Å². The zero-order valence-electron chi connectivity index (χ0n) is 17.0. The molecule has 1 saturated heterocycles. The van der Waals surface area contributed by atoms with Gasteiger partial charge in [-0.05, 0) is 80.9 Å². The lowest BCUT2D eigenvalue weighted by molar-refractivity contribution is -0.122. The molecule has 2 heterocycles. The number of benzene rings is 1. The van der Waals surface area contributed by atoms with Crippen molar-refractivity contribution in [2.24, 2.45) is 0 Å². The van der Waals surface area contributed by atoms with Crippen LogP contribution in [0.25, 0.3) is 11.8 Å². The van der Waals surface area contributed by atoms with E-state index in [0.29, 0.717) is 23.6 Å². The van der Waals surface area contributed by atoms with E-state index >= 15 is 0 Å². The predicted molar refractivity (Wildman–Crippen MR) is 114 cm³/mol. The van der Waals surface area contributed by atoms with Crippen LogP contribution < -0.4 is 0 Å². The maximum Gasteiger partial charge on any atom is 0.338 e. The molecule has 3 rings (SSSR count). The van der Waals surface area contributed by atoms with Crippen molar-refractivity contribution in [1.82, 2.24) is 9.47 Å². The van der Waals surface area contributed by atoms with Gasteiger partial charge in [-0.25, -0.2) is 4.79 Å². The summed E-state index contributed by atoms with van der Waals surface area (Å²) in [6.07, 6.45) is 2.52. The number of carbonyl (C=O) groups excluding carboxylic acids is 3. The Morgan fingerprint density at radius 1 is 1.14 bits per heavy atom. The molecule has 29 heavy (non-hydrogen) atoms. The number of rotatable bonds is 6. The number of ether oxygens (including phenoxy) is 1. The molecular weight excluding hydrogens is 388 g/mol. The van der Waals surface area contributed by atoms with Crippen molar-refractivity contribution in [3.05, 3.63) is 57.8 Å². The van der Waals surface area contributed by atoms with E-state index in [0.717, 1.165) is 40.8 Å². The fourth-order valence-corrected chi connectivity index (χ4v) is 4.21. The average Bonchev–Trinajstić information content (AvgIpc) is 3.12. The number of imide groups is 1. The molecule has 1 aromatic carbocycles. The van der Waals surface area contributed by atoms with Gasteiger partial charge in [0.15, 0.2) is 0 Å². The second-order valence-corrected chi connectivity index (χ2v) is 7.76. The molecule has 1 aromatic heterocycles. The highest BCUT2D eigenvalue weighted by Gasteiger charge is 2.34. The molecule has 1 aliphatic rings. The van der Waals surface area contributed by atoms with Gasteiger partial charge in [0.05, 0.1) is 17.1 Å². The second-order valence-electron chi connectivity index (χ2n) is 6.76. The Bertz CT molecular complexity index is 989. The van der Waals surface area contributed by atoms with Crippen LogP contribution in [0.15, 0.2) is 35.2 Å². The molecule has 0 N–H and O–H groups in total. The van der Waals surface area contributed by atoms with E-state index in [2.05, 4.69) is 4.57 Å². The van der Waals surface area contributed by atoms with Gasteiger partial charge in [-0.3, -0.25) is 14.5 Å². The van der Waals surface area contributed by atoms with E-state index in [9.17, 15) is 14.4 Å². The molecule has 2 aromatic rings. The Morgan fingerprint density at radius 3 is 2.45 bits per heavy atom. The van der Waals surface area contributed by atoms with Crippen molar-refractivity contribution in [1.29, 1.82) is 0 Å². The van der Waals surface area contributed by atoms with Crippen LogP contribution in [0.5, 0.6) is 0 Å². The van der Waals surface area contributed by atoms with Crippen molar-refractivity contribution in [3.63, 3.8) is 0 Å². The molecule has 152 valence electrons. The minimum absolute atomic E-state index is 0.216. The third-order valence-electron chi connectivity index (χ3n) is 4.71. The fraction of sp³-hybridized carbons (Fsp3) is 0.318. The molecule has 1 fully saturated rings. The summed E-state index contributed by atoms with van der Waals surface area (Å²) in [5, 5.41) is -0.216. The van der Waals surface area contributed by atoms with Crippen LogP contribution in [0.2, 0.25) is 0 Å². The normalized spacial score (nSPS) is 15.4. The van der Waals surface area contributed by atoms with Gasteiger partial charge in [0, 0.05) is 23.6 Å². The number of esters is 1. The van der Waals surface area contributed by atoms with Crippen molar-refractivity contribution in [2.75, 3.05) is 13.2 Å². The summed E-state index contributed by atoms with van der Waals surface area (Å²) in [5.74, 6) is -0.575. The summed E-state index contributed by atoms with van der Waals surface area (Å²) < 4.78 is 7.08. The summed E-state index contributed by atoms with van der Waals surface area (Å²) in [7, 11) is 0. The number of carbonyl (C=O) groups is 3. The fourth-order valence-electron chi connectivity index (χ4n) is 3.35. The number of thioether (sulfide) groups is 1. The first-order valence-corrected chi connectivity index (χ1v) is 10.4. The van der Waals surface area contributed by atoms with E-state index < -0.39 is 0 Å². The Hall–Kier alpha value is -2.80. The van der Waals surface area contributed by atoms with E-state index in [1.807, 2.05) is 39.0 Å². The highest BCUT2D eigenvalue weighted by atomic mass is 32.2. The van der Waals surface area contributed by atoms with Crippen LogP contribution in [0.1, 0.15) is 47.6 Å². The Balaban J connectivity index is 1.91.